The number of aryl methyl sites for hydroxylation is 1. The molecule has 1 fully saturated rings. The number of hydrogen-bond donors (Lipinski definition) is 2. The summed E-state index contributed by atoms with van der Waals surface area (Å²) in [6, 6.07) is 10.8. The first kappa shape index (κ1) is 26.5. The van der Waals surface area contributed by atoms with Crippen LogP contribution in [0.3, 0.4) is 0 Å². The van der Waals surface area contributed by atoms with Crippen molar-refractivity contribution < 1.29 is 23.9 Å². The van der Waals surface area contributed by atoms with Gasteiger partial charge in [-0.25, -0.2) is 9.59 Å². The van der Waals surface area contributed by atoms with Gasteiger partial charge in [0.05, 0.1) is 6.61 Å². The number of benzene rings is 1. The van der Waals surface area contributed by atoms with Gasteiger partial charge in [-0.2, -0.15) is 5.26 Å². The molecule has 0 spiro atoms. The molecule has 3 rings (SSSR count). The molecule has 1 heterocycles. The van der Waals surface area contributed by atoms with Crippen LogP contribution < -0.4 is 15.4 Å². The number of ether oxygens (including phenoxy) is 2. The van der Waals surface area contributed by atoms with E-state index in [4.69, 9.17) is 9.47 Å². The Morgan fingerprint density at radius 1 is 1.14 bits per heavy atom. The van der Waals surface area contributed by atoms with Gasteiger partial charge in [0, 0.05) is 23.1 Å². The summed E-state index contributed by atoms with van der Waals surface area (Å²) in [5, 5.41) is 14.4. The lowest BCUT2D eigenvalue weighted by molar-refractivity contribution is -0.144. The van der Waals surface area contributed by atoms with Crippen LogP contribution in [-0.2, 0) is 14.3 Å². The lowest BCUT2D eigenvalue weighted by Gasteiger charge is -2.22. The average molecular weight is 493 g/mol. The fourth-order valence-corrected chi connectivity index (χ4v) is 4.32. The van der Waals surface area contributed by atoms with Crippen LogP contribution in [0.4, 0.5) is 4.79 Å². The molecular formula is C27H32N4O5. The van der Waals surface area contributed by atoms with E-state index in [1.165, 1.54) is 6.08 Å². The van der Waals surface area contributed by atoms with Crippen molar-refractivity contribution in [2.24, 2.45) is 0 Å². The number of urea groups is 1. The highest BCUT2D eigenvalue weighted by Gasteiger charge is 2.19. The van der Waals surface area contributed by atoms with Crippen molar-refractivity contribution in [3.8, 4) is 17.5 Å². The second-order valence-corrected chi connectivity index (χ2v) is 8.69. The van der Waals surface area contributed by atoms with Gasteiger partial charge in [0.2, 0.25) is 0 Å². The Morgan fingerprint density at radius 3 is 2.47 bits per heavy atom. The van der Waals surface area contributed by atoms with Gasteiger partial charge >= 0.3 is 12.0 Å². The number of aromatic nitrogens is 1. The summed E-state index contributed by atoms with van der Waals surface area (Å²) in [5.74, 6) is -0.928. The van der Waals surface area contributed by atoms with Gasteiger partial charge in [-0.1, -0.05) is 19.3 Å². The molecule has 36 heavy (non-hydrogen) atoms. The minimum atomic E-state index is -0.939. The molecule has 0 unspecified atom stereocenters. The van der Waals surface area contributed by atoms with Crippen molar-refractivity contribution in [1.82, 2.24) is 15.2 Å². The minimum absolute atomic E-state index is 0.0452. The number of carbonyl (C=O) groups is 3. The molecule has 0 atom stereocenters. The number of carbonyl (C=O) groups excluding carboxylic acids is 3. The summed E-state index contributed by atoms with van der Waals surface area (Å²) in [7, 11) is 0. The van der Waals surface area contributed by atoms with Crippen molar-refractivity contribution in [2.45, 2.75) is 58.9 Å². The number of amides is 3. The van der Waals surface area contributed by atoms with Crippen LogP contribution in [0.2, 0.25) is 0 Å². The monoisotopic (exact) mass is 492 g/mol. The van der Waals surface area contributed by atoms with E-state index >= 15 is 0 Å². The van der Waals surface area contributed by atoms with Gasteiger partial charge < -0.3 is 19.4 Å². The Morgan fingerprint density at radius 2 is 1.83 bits per heavy atom. The van der Waals surface area contributed by atoms with Gasteiger partial charge in [-0.05, 0) is 75.6 Å². The Balaban J connectivity index is 1.61. The Bertz CT molecular complexity index is 1170. The number of hydrogen-bond acceptors (Lipinski definition) is 6. The molecule has 2 N–H and O–H groups in total. The van der Waals surface area contributed by atoms with Crippen molar-refractivity contribution in [3.05, 3.63) is 52.9 Å². The molecule has 1 saturated carbocycles. The zero-order chi connectivity index (χ0) is 26.1. The molecule has 9 nitrogen and oxygen atoms in total. The smallest absolute Gasteiger partial charge is 0.349 e. The van der Waals surface area contributed by atoms with E-state index in [-0.39, 0.29) is 11.6 Å². The molecular weight excluding hydrogens is 460 g/mol. The summed E-state index contributed by atoms with van der Waals surface area (Å²) < 4.78 is 12.5. The topological polar surface area (TPSA) is 122 Å². The lowest BCUT2D eigenvalue weighted by Crippen LogP contribution is -2.46. The first-order valence-electron chi connectivity index (χ1n) is 12.1. The molecule has 1 aliphatic carbocycles. The Labute approximate surface area is 211 Å². The maximum atomic E-state index is 12.4. The van der Waals surface area contributed by atoms with E-state index in [1.54, 1.807) is 0 Å². The van der Waals surface area contributed by atoms with E-state index in [0.717, 1.165) is 54.9 Å². The van der Waals surface area contributed by atoms with Gasteiger partial charge in [0.25, 0.3) is 5.91 Å². The van der Waals surface area contributed by atoms with Crippen LogP contribution in [0.1, 0.15) is 56.0 Å². The number of esters is 1. The van der Waals surface area contributed by atoms with E-state index in [1.807, 2.05) is 61.7 Å². The van der Waals surface area contributed by atoms with Crippen LogP contribution >= 0.6 is 0 Å². The third-order valence-corrected chi connectivity index (χ3v) is 6.04. The largest absolute Gasteiger partial charge is 0.494 e. The maximum Gasteiger partial charge on any atom is 0.349 e. The molecule has 1 aromatic heterocycles. The van der Waals surface area contributed by atoms with Crippen molar-refractivity contribution in [3.63, 3.8) is 0 Å². The lowest BCUT2D eigenvalue weighted by atomic mass is 9.96. The predicted molar refractivity (Wildman–Crippen MR) is 135 cm³/mol. The first-order chi connectivity index (χ1) is 17.3. The summed E-state index contributed by atoms with van der Waals surface area (Å²) in [6.07, 6.45) is 6.43. The molecule has 0 saturated heterocycles. The van der Waals surface area contributed by atoms with Crippen molar-refractivity contribution >= 4 is 24.0 Å². The first-order valence-corrected chi connectivity index (χ1v) is 12.1. The predicted octanol–water partition coefficient (Wildman–Crippen LogP) is 4.10. The number of nitrogens with zero attached hydrogens (tertiary/aromatic N) is 2. The second kappa shape index (κ2) is 12.6. The van der Waals surface area contributed by atoms with E-state index in [9.17, 15) is 19.6 Å². The zero-order valence-electron chi connectivity index (χ0n) is 20.9. The summed E-state index contributed by atoms with van der Waals surface area (Å²) in [5.41, 5.74) is 3.08. The number of imide groups is 1. The van der Waals surface area contributed by atoms with Crippen molar-refractivity contribution in [2.75, 3.05) is 13.2 Å². The summed E-state index contributed by atoms with van der Waals surface area (Å²) >= 11 is 0. The molecule has 0 bridgehead atoms. The Kier molecular flexibility index (Phi) is 9.28. The van der Waals surface area contributed by atoms with Crippen LogP contribution in [0.15, 0.2) is 35.9 Å². The third kappa shape index (κ3) is 6.98. The number of nitriles is 1. The standard InChI is InChI=1S/C27H32N4O5/c1-4-35-24-12-10-23(11-13-24)31-18(2)14-20(19(31)3)15-21(16-28)26(33)36-17-25(32)30-27(34)29-22-8-6-5-7-9-22/h10-15,22H,4-9,17H2,1-3H3,(H2,29,30,32,34)/b21-15+. The Hall–Kier alpha value is -4.06. The molecule has 0 aliphatic heterocycles. The normalized spacial score (nSPS) is 14.0. The van der Waals surface area contributed by atoms with Gasteiger partial charge in [0.1, 0.15) is 17.4 Å². The highest BCUT2D eigenvalue weighted by atomic mass is 16.5. The number of rotatable bonds is 8. The third-order valence-electron chi connectivity index (χ3n) is 6.04. The fraction of sp³-hybridized carbons (Fsp3) is 0.407. The fourth-order valence-electron chi connectivity index (χ4n) is 4.32. The number of nitrogens with one attached hydrogen (secondary N) is 2. The minimum Gasteiger partial charge on any atom is -0.494 e. The molecule has 9 heteroatoms. The maximum absolute atomic E-state index is 12.4. The summed E-state index contributed by atoms with van der Waals surface area (Å²) in [6.45, 7) is 5.65. The van der Waals surface area contributed by atoms with Gasteiger partial charge in [-0.3, -0.25) is 10.1 Å². The highest BCUT2D eigenvalue weighted by Crippen LogP contribution is 2.24. The molecule has 2 aromatic rings. The molecule has 190 valence electrons. The quantitative estimate of drug-likeness (QED) is 0.325. The average Bonchev–Trinajstić information content (AvgIpc) is 3.14. The summed E-state index contributed by atoms with van der Waals surface area (Å²) in [4.78, 5) is 36.5. The molecule has 1 aromatic carbocycles. The van der Waals surface area contributed by atoms with Crippen molar-refractivity contribution in [1.29, 1.82) is 5.26 Å². The van der Waals surface area contributed by atoms with Crippen LogP contribution in [-0.4, -0.2) is 41.7 Å². The van der Waals surface area contributed by atoms with E-state index in [0.29, 0.717) is 12.2 Å². The van der Waals surface area contributed by atoms with Crippen LogP contribution in [0.5, 0.6) is 5.75 Å². The van der Waals surface area contributed by atoms with Gasteiger partial charge in [0.15, 0.2) is 6.61 Å². The van der Waals surface area contributed by atoms with Crippen LogP contribution in [0, 0.1) is 25.2 Å². The SMILES string of the molecule is CCOc1ccc(-n2c(C)cc(/C=C(\C#N)C(=O)OCC(=O)NC(=O)NC3CCCCC3)c2C)cc1. The zero-order valence-corrected chi connectivity index (χ0v) is 20.9. The highest BCUT2D eigenvalue weighted by molar-refractivity contribution is 6.00. The van der Waals surface area contributed by atoms with Gasteiger partial charge in [-0.15, -0.1) is 0 Å². The van der Waals surface area contributed by atoms with E-state index in [2.05, 4.69) is 10.6 Å². The van der Waals surface area contributed by atoms with Crippen LogP contribution in [0.25, 0.3) is 11.8 Å². The second-order valence-electron chi connectivity index (χ2n) is 8.69. The molecule has 1 aliphatic rings. The van der Waals surface area contributed by atoms with E-state index < -0.39 is 24.5 Å². The molecule has 3 amide bonds. The molecule has 0 radical (unpaired) electrons.